The second-order valence-electron chi connectivity index (χ2n) is 3.18. The number of halogens is 1. The number of benzene rings is 1. The molecule has 82 valence electrons. The maximum Gasteiger partial charge on any atom is 0.257 e. The number of nitrogens with two attached hydrogens (primary N) is 1. The number of carbonyl (C=O) groups is 1. The Balaban J connectivity index is 3.10. The average Bonchev–Trinajstić information content (AvgIpc) is 2.19. The Morgan fingerprint density at radius 3 is 2.47 bits per heavy atom. The van der Waals surface area contributed by atoms with Crippen LogP contribution >= 0.6 is 15.9 Å². The van der Waals surface area contributed by atoms with E-state index in [4.69, 9.17) is 5.73 Å². The number of rotatable bonds is 3. The van der Waals surface area contributed by atoms with E-state index >= 15 is 0 Å². The minimum absolute atomic E-state index is 0.0232. The second kappa shape index (κ2) is 5.16. The molecule has 0 aliphatic heterocycles. The van der Waals surface area contributed by atoms with E-state index in [9.17, 15) is 4.79 Å². The second-order valence-corrected chi connectivity index (χ2v) is 4.04. The normalized spacial score (nSPS) is 10.1. The van der Waals surface area contributed by atoms with Gasteiger partial charge in [-0.3, -0.25) is 4.79 Å². The molecule has 0 spiro atoms. The van der Waals surface area contributed by atoms with Gasteiger partial charge in [0.1, 0.15) is 0 Å². The zero-order valence-corrected chi connectivity index (χ0v) is 10.5. The average molecular weight is 271 g/mol. The molecule has 0 unspecified atom stereocenters. The highest BCUT2D eigenvalue weighted by Crippen LogP contribution is 2.23. The standard InChI is InChI=1S/C11H15BrN2O/c1-3-14(4-2)11(15)10-8(12)6-5-7-9(10)13/h5-7H,3-4,13H2,1-2H3. The van der Waals surface area contributed by atoms with Crippen LogP contribution in [0.5, 0.6) is 0 Å². The van der Waals surface area contributed by atoms with Crippen LogP contribution in [-0.2, 0) is 0 Å². The van der Waals surface area contributed by atoms with Crippen molar-refractivity contribution in [1.29, 1.82) is 0 Å². The van der Waals surface area contributed by atoms with Crippen LogP contribution in [0.1, 0.15) is 24.2 Å². The first-order chi connectivity index (χ1) is 7.11. The van der Waals surface area contributed by atoms with Crippen molar-refractivity contribution >= 4 is 27.5 Å². The van der Waals surface area contributed by atoms with Gasteiger partial charge in [-0.1, -0.05) is 6.07 Å². The zero-order chi connectivity index (χ0) is 11.4. The van der Waals surface area contributed by atoms with E-state index in [2.05, 4.69) is 15.9 Å². The SMILES string of the molecule is CCN(CC)C(=O)c1c(N)cccc1Br. The summed E-state index contributed by atoms with van der Waals surface area (Å²) in [5, 5.41) is 0. The van der Waals surface area contributed by atoms with E-state index in [1.807, 2.05) is 26.0 Å². The first kappa shape index (κ1) is 12.0. The van der Waals surface area contributed by atoms with Crippen molar-refractivity contribution in [3.05, 3.63) is 28.2 Å². The van der Waals surface area contributed by atoms with Crippen LogP contribution in [-0.4, -0.2) is 23.9 Å². The molecule has 15 heavy (non-hydrogen) atoms. The summed E-state index contributed by atoms with van der Waals surface area (Å²) in [6.45, 7) is 5.29. The fraction of sp³-hybridized carbons (Fsp3) is 0.364. The van der Waals surface area contributed by atoms with E-state index < -0.39 is 0 Å². The molecule has 2 N–H and O–H groups in total. The summed E-state index contributed by atoms with van der Waals surface area (Å²) in [5.74, 6) is -0.0232. The lowest BCUT2D eigenvalue weighted by Gasteiger charge is -2.20. The Kier molecular flexibility index (Phi) is 4.15. The highest BCUT2D eigenvalue weighted by molar-refractivity contribution is 9.10. The molecule has 0 fully saturated rings. The topological polar surface area (TPSA) is 46.3 Å². The van der Waals surface area contributed by atoms with Gasteiger partial charge in [0.25, 0.3) is 5.91 Å². The summed E-state index contributed by atoms with van der Waals surface area (Å²) in [6.07, 6.45) is 0. The lowest BCUT2D eigenvalue weighted by Crippen LogP contribution is -2.31. The quantitative estimate of drug-likeness (QED) is 0.858. The van der Waals surface area contributed by atoms with Crippen molar-refractivity contribution in [2.45, 2.75) is 13.8 Å². The van der Waals surface area contributed by atoms with E-state index in [0.717, 1.165) is 4.47 Å². The van der Waals surface area contributed by atoms with E-state index in [0.29, 0.717) is 24.3 Å². The number of nitrogens with zero attached hydrogens (tertiary/aromatic N) is 1. The lowest BCUT2D eigenvalue weighted by atomic mass is 10.1. The molecule has 0 aliphatic carbocycles. The molecule has 1 aromatic rings. The molecular formula is C11H15BrN2O. The van der Waals surface area contributed by atoms with Crippen LogP contribution in [0.4, 0.5) is 5.69 Å². The first-order valence-corrected chi connectivity index (χ1v) is 5.74. The fourth-order valence-electron chi connectivity index (χ4n) is 1.44. The molecule has 0 radical (unpaired) electrons. The number of nitrogen functional groups attached to an aromatic ring is 1. The number of hydrogen-bond donors (Lipinski definition) is 1. The summed E-state index contributed by atoms with van der Waals surface area (Å²) in [6, 6.07) is 5.38. The minimum atomic E-state index is -0.0232. The number of anilines is 1. The van der Waals surface area contributed by atoms with Crippen molar-refractivity contribution in [2.75, 3.05) is 18.8 Å². The summed E-state index contributed by atoms with van der Waals surface area (Å²) < 4.78 is 0.749. The van der Waals surface area contributed by atoms with Crippen LogP contribution in [0.25, 0.3) is 0 Å². The Hall–Kier alpha value is -1.03. The molecule has 0 saturated heterocycles. The number of carbonyl (C=O) groups excluding carboxylic acids is 1. The molecule has 4 heteroatoms. The number of hydrogen-bond acceptors (Lipinski definition) is 2. The van der Waals surface area contributed by atoms with Gasteiger partial charge in [0.05, 0.1) is 5.56 Å². The van der Waals surface area contributed by atoms with Crippen LogP contribution in [0.2, 0.25) is 0 Å². The molecule has 0 aliphatic rings. The highest BCUT2D eigenvalue weighted by Gasteiger charge is 2.17. The summed E-state index contributed by atoms with van der Waals surface area (Å²) in [7, 11) is 0. The van der Waals surface area contributed by atoms with Crippen molar-refractivity contribution in [3.8, 4) is 0 Å². The molecule has 0 saturated carbocycles. The number of amides is 1. The fourth-order valence-corrected chi connectivity index (χ4v) is 1.99. The van der Waals surface area contributed by atoms with Crippen molar-refractivity contribution in [1.82, 2.24) is 4.90 Å². The minimum Gasteiger partial charge on any atom is -0.398 e. The van der Waals surface area contributed by atoms with Gasteiger partial charge in [-0.05, 0) is 41.9 Å². The molecule has 1 amide bonds. The maximum absolute atomic E-state index is 12.1. The van der Waals surface area contributed by atoms with E-state index in [1.54, 1.807) is 11.0 Å². The molecule has 0 bridgehead atoms. The monoisotopic (exact) mass is 270 g/mol. The zero-order valence-electron chi connectivity index (χ0n) is 8.96. The van der Waals surface area contributed by atoms with Crippen LogP contribution in [0.15, 0.2) is 22.7 Å². The van der Waals surface area contributed by atoms with Crippen molar-refractivity contribution in [3.63, 3.8) is 0 Å². The van der Waals surface area contributed by atoms with Gasteiger partial charge in [-0.25, -0.2) is 0 Å². The van der Waals surface area contributed by atoms with Gasteiger partial charge in [0, 0.05) is 23.2 Å². The van der Waals surface area contributed by atoms with Crippen LogP contribution in [0.3, 0.4) is 0 Å². The Bertz CT molecular complexity index is 341. The van der Waals surface area contributed by atoms with Gasteiger partial charge in [-0.2, -0.15) is 0 Å². The van der Waals surface area contributed by atoms with Gasteiger partial charge in [0.2, 0.25) is 0 Å². The van der Waals surface area contributed by atoms with E-state index in [-0.39, 0.29) is 5.91 Å². The van der Waals surface area contributed by atoms with Gasteiger partial charge in [0.15, 0.2) is 0 Å². The maximum atomic E-state index is 12.1. The van der Waals surface area contributed by atoms with Crippen LogP contribution < -0.4 is 5.73 Å². The Labute approximate surface area is 98.4 Å². The largest absolute Gasteiger partial charge is 0.398 e. The molecule has 0 atom stereocenters. The smallest absolute Gasteiger partial charge is 0.257 e. The van der Waals surface area contributed by atoms with E-state index in [1.165, 1.54) is 0 Å². The predicted molar refractivity (Wildman–Crippen MR) is 65.8 cm³/mol. The van der Waals surface area contributed by atoms with Crippen molar-refractivity contribution < 1.29 is 4.79 Å². The molecule has 1 rings (SSSR count). The Morgan fingerprint density at radius 1 is 1.40 bits per heavy atom. The summed E-state index contributed by atoms with van der Waals surface area (Å²) in [4.78, 5) is 13.8. The predicted octanol–water partition coefficient (Wildman–Crippen LogP) is 2.51. The van der Waals surface area contributed by atoms with Crippen molar-refractivity contribution in [2.24, 2.45) is 0 Å². The third kappa shape index (κ3) is 2.50. The van der Waals surface area contributed by atoms with Gasteiger partial charge in [-0.15, -0.1) is 0 Å². The van der Waals surface area contributed by atoms with Crippen LogP contribution in [0, 0.1) is 0 Å². The summed E-state index contributed by atoms with van der Waals surface area (Å²) in [5.41, 5.74) is 6.86. The highest BCUT2D eigenvalue weighted by atomic mass is 79.9. The van der Waals surface area contributed by atoms with Gasteiger partial charge >= 0.3 is 0 Å². The molecule has 3 nitrogen and oxygen atoms in total. The third-order valence-electron chi connectivity index (χ3n) is 2.31. The lowest BCUT2D eigenvalue weighted by molar-refractivity contribution is 0.0773. The third-order valence-corrected chi connectivity index (χ3v) is 2.97. The molecular weight excluding hydrogens is 256 g/mol. The molecule has 0 aromatic heterocycles. The summed E-state index contributed by atoms with van der Waals surface area (Å²) >= 11 is 3.35. The Morgan fingerprint density at radius 2 is 2.00 bits per heavy atom. The van der Waals surface area contributed by atoms with Gasteiger partial charge < -0.3 is 10.6 Å². The first-order valence-electron chi connectivity index (χ1n) is 4.95. The molecule has 1 aromatic carbocycles. The molecule has 0 heterocycles.